The van der Waals surface area contributed by atoms with Crippen molar-refractivity contribution >= 4 is 32.7 Å². The molecule has 0 saturated heterocycles. The summed E-state index contributed by atoms with van der Waals surface area (Å²) in [5.41, 5.74) is 1.81. The first-order valence-electron chi connectivity index (χ1n) is 6.23. The van der Waals surface area contributed by atoms with E-state index in [1.54, 1.807) is 24.4 Å². The number of H-pyrrole nitrogens is 1. The van der Waals surface area contributed by atoms with E-state index >= 15 is 0 Å². The summed E-state index contributed by atoms with van der Waals surface area (Å²) in [6.45, 7) is 0. The third-order valence-corrected chi connectivity index (χ3v) is 3.63. The van der Waals surface area contributed by atoms with Gasteiger partial charge in [-0.15, -0.1) is 0 Å². The van der Waals surface area contributed by atoms with Gasteiger partial charge in [-0.2, -0.15) is 0 Å². The first kappa shape index (κ1) is 11.7. The molecular weight excluding hydrogens is 272 g/mol. The van der Waals surface area contributed by atoms with Crippen LogP contribution in [0.4, 0.5) is 0 Å². The average Bonchev–Trinajstić information content (AvgIpc) is 2.83. The van der Waals surface area contributed by atoms with Crippen molar-refractivity contribution in [3.8, 4) is 23.0 Å². The van der Waals surface area contributed by atoms with Crippen LogP contribution in [0.15, 0.2) is 30.5 Å². The van der Waals surface area contributed by atoms with Crippen molar-refractivity contribution in [2.75, 3.05) is 0 Å². The van der Waals surface area contributed by atoms with E-state index in [2.05, 4.69) is 9.97 Å². The second kappa shape index (κ2) is 3.69. The van der Waals surface area contributed by atoms with E-state index in [0.717, 1.165) is 0 Å². The summed E-state index contributed by atoms with van der Waals surface area (Å²) in [6.07, 6.45) is 1.57. The van der Waals surface area contributed by atoms with Crippen molar-refractivity contribution in [2.24, 2.45) is 0 Å². The SMILES string of the molecule is Oc1ccc2ncc3c([nH]c4cc(O)c(O)c(O)c43)c2c1. The van der Waals surface area contributed by atoms with Gasteiger partial charge in [0.25, 0.3) is 0 Å². The Kier molecular flexibility index (Phi) is 2.05. The highest BCUT2D eigenvalue weighted by Crippen LogP contribution is 2.44. The van der Waals surface area contributed by atoms with E-state index in [1.807, 2.05) is 0 Å². The van der Waals surface area contributed by atoms with E-state index < -0.39 is 17.2 Å². The number of phenolic OH excluding ortho intramolecular Hbond substituents is 4. The van der Waals surface area contributed by atoms with Crippen molar-refractivity contribution in [1.82, 2.24) is 9.97 Å². The fourth-order valence-electron chi connectivity index (χ4n) is 2.66. The summed E-state index contributed by atoms with van der Waals surface area (Å²) < 4.78 is 0. The van der Waals surface area contributed by atoms with E-state index in [9.17, 15) is 20.4 Å². The minimum Gasteiger partial charge on any atom is -0.508 e. The van der Waals surface area contributed by atoms with Gasteiger partial charge in [0.05, 0.1) is 21.9 Å². The van der Waals surface area contributed by atoms with Gasteiger partial charge in [0.1, 0.15) is 5.75 Å². The number of benzene rings is 2. The summed E-state index contributed by atoms with van der Waals surface area (Å²) in [4.78, 5) is 7.35. The Morgan fingerprint density at radius 1 is 0.905 bits per heavy atom. The van der Waals surface area contributed by atoms with Crippen LogP contribution in [0.2, 0.25) is 0 Å². The Morgan fingerprint density at radius 2 is 1.71 bits per heavy atom. The molecule has 2 heterocycles. The van der Waals surface area contributed by atoms with Crippen LogP contribution in [0.3, 0.4) is 0 Å². The highest BCUT2D eigenvalue weighted by molar-refractivity contribution is 6.18. The first-order valence-corrected chi connectivity index (χ1v) is 6.23. The van der Waals surface area contributed by atoms with Crippen LogP contribution in [-0.4, -0.2) is 30.4 Å². The highest BCUT2D eigenvalue weighted by Gasteiger charge is 2.17. The summed E-state index contributed by atoms with van der Waals surface area (Å²) in [7, 11) is 0. The maximum Gasteiger partial charge on any atom is 0.201 e. The molecule has 6 heteroatoms. The third kappa shape index (κ3) is 1.44. The Balaban J connectivity index is 2.29. The number of rotatable bonds is 0. The average molecular weight is 282 g/mol. The number of fused-ring (bicyclic) bond motifs is 5. The minimum absolute atomic E-state index is 0.102. The number of aromatic amines is 1. The van der Waals surface area contributed by atoms with Gasteiger partial charge < -0.3 is 25.4 Å². The van der Waals surface area contributed by atoms with Crippen molar-refractivity contribution in [1.29, 1.82) is 0 Å². The zero-order chi connectivity index (χ0) is 14.7. The Morgan fingerprint density at radius 3 is 2.52 bits per heavy atom. The molecule has 2 aromatic carbocycles. The van der Waals surface area contributed by atoms with Gasteiger partial charge in [0.15, 0.2) is 11.5 Å². The molecule has 104 valence electrons. The van der Waals surface area contributed by atoms with Crippen molar-refractivity contribution < 1.29 is 20.4 Å². The second-order valence-corrected chi connectivity index (χ2v) is 4.89. The number of phenols is 4. The number of aromatic hydroxyl groups is 4. The summed E-state index contributed by atoms with van der Waals surface area (Å²) in [6, 6.07) is 6.12. The lowest BCUT2D eigenvalue weighted by atomic mass is 10.1. The number of aromatic nitrogens is 2. The molecule has 0 atom stereocenters. The fraction of sp³-hybridized carbons (Fsp3) is 0. The number of nitrogens with one attached hydrogen (secondary N) is 1. The van der Waals surface area contributed by atoms with Crippen molar-refractivity contribution in [3.63, 3.8) is 0 Å². The lowest BCUT2D eigenvalue weighted by Crippen LogP contribution is -1.80. The third-order valence-electron chi connectivity index (χ3n) is 3.63. The molecule has 21 heavy (non-hydrogen) atoms. The largest absolute Gasteiger partial charge is 0.508 e. The summed E-state index contributed by atoms with van der Waals surface area (Å²) in [5.74, 6) is -1.28. The van der Waals surface area contributed by atoms with Crippen LogP contribution >= 0.6 is 0 Å². The van der Waals surface area contributed by atoms with Crippen LogP contribution < -0.4 is 0 Å². The fourth-order valence-corrected chi connectivity index (χ4v) is 2.66. The maximum atomic E-state index is 10.0. The molecule has 0 unspecified atom stereocenters. The topological polar surface area (TPSA) is 110 Å². The lowest BCUT2D eigenvalue weighted by molar-refractivity contribution is 0.371. The van der Waals surface area contributed by atoms with Crippen LogP contribution in [0.25, 0.3) is 32.7 Å². The molecule has 0 amide bonds. The van der Waals surface area contributed by atoms with Gasteiger partial charge in [0, 0.05) is 23.0 Å². The summed E-state index contributed by atoms with van der Waals surface area (Å²) in [5, 5.41) is 40.6. The standard InChI is InChI=1S/C15H10N2O4/c18-6-1-2-9-7(3-6)13-8(5-16-9)12-10(17-13)4-11(19)14(20)15(12)21/h1-5,17-21H. The van der Waals surface area contributed by atoms with Crippen LogP contribution in [0.5, 0.6) is 23.0 Å². The monoisotopic (exact) mass is 282 g/mol. The van der Waals surface area contributed by atoms with E-state index in [-0.39, 0.29) is 5.75 Å². The normalized spacial score (nSPS) is 11.6. The molecule has 0 spiro atoms. The Labute approximate surface area is 117 Å². The quantitative estimate of drug-likeness (QED) is 0.318. The molecule has 4 rings (SSSR count). The van der Waals surface area contributed by atoms with Crippen LogP contribution in [-0.2, 0) is 0 Å². The molecule has 6 nitrogen and oxygen atoms in total. The van der Waals surface area contributed by atoms with Gasteiger partial charge in [-0.1, -0.05) is 0 Å². The molecule has 0 fully saturated rings. The van der Waals surface area contributed by atoms with E-state index in [1.165, 1.54) is 6.07 Å². The van der Waals surface area contributed by atoms with Crippen LogP contribution in [0, 0.1) is 0 Å². The molecule has 0 bridgehead atoms. The highest BCUT2D eigenvalue weighted by atomic mass is 16.3. The van der Waals surface area contributed by atoms with Crippen molar-refractivity contribution in [3.05, 3.63) is 30.5 Å². The maximum absolute atomic E-state index is 10.0. The molecule has 0 aliphatic heterocycles. The number of hydrogen-bond donors (Lipinski definition) is 5. The Bertz CT molecular complexity index is 1040. The van der Waals surface area contributed by atoms with Gasteiger partial charge in [0.2, 0.25) is 5.75 Å². The zero-order valence-corrected chi connectivity index (χ0v) is 10.6. The van der Waals surface area contributed by atoms with Gasteiger partial charge in [-0.3, -0.25) is 4.98 Å². The molecular formula is C15H10N2O4. The number of hydrogen-bond acceptors (Lipinski definition) is 5. The molecule has 0 saturated carbocycles. The van der Waals surface area contributed by atoms with E-state index in [4.69, 9.17) is 0 Å². The molecule has 0 aliphatic carbocycles. The van der Waals surface area contributed by atoms with Gasteiger partial charge in [-0.05, 0) is 18.2 Å². The predicted molar refractivity (Wildman–Crippen MR) is 77.8 cm³/mol. The molecule has 0 radical (unpaired) electrons. The number of pyridine rings is 1. The van der Waals surface area contributed by atoms with Crippen molar-refractivity contribution in [2.45, 2.75) is 0 Å². The molecule has 5 N–H and O–H groups in total. The predicted octanol–water partition coefficient (Wildman–Crippen LogP) is 2.69. The minimum atomic E-state index is -0.570. The zero-order valence-electron chi connectivity index (χ0n) is 10.6. The smallest absolute Gasteiger partial charge is 0.201 e. The van der Waals surface area contributed by atoms with Gasteiger partial charge in [-0.25, -0.2) is 0 Å². The molecule has 2 aromatic heterocycles. The summed E-state index contributed by atoms with van der Waals surface area (Å²) >= 11 is 0. The second-order valence-electron chi connectivity index (χ2n) is 4.89. The van der Waals surface area contributed by atoms with E-state index in [0.29, 0.717) is 32.7 Å². The number of nitrogens with zero attached hydrogens (tertiary/aromatic N) is 1. The molecule has 4 aromatic rings. The molecule has 0 aliphatic rings. The van der Waals surface area contributed by atoms with Crippen LogP contribution in [0.1, 0.15) is 0 Å². The van der Waals surface area contributed by atoms with Gasteiger partial charge >= 0.3 is 0 Å². The Hall–Kier alpha value is -3.15. The first-order chi connectivity index (χ1) is 10.1. The lowest BCUT2D eigenvalue weighted by Gasteiger charge is -2.02.